The Balaban J connectivity index is 1.42. The summed E-state index contributed by atoms with van der Waals surface area (Å²) in [4.78, 5) is 36.3. The summed E-state index contributed by atoms with van der Waals surface area (Å²) in [5, 5.41) is 20.6. The molecule has 0 radical (unpaired) electrons. The Morgan fingerprint density at radius 2 is 1.71 bits per heavy atom. The van der Waals surface area contributed by atoms with Crippen LogP contribution in [0.4, 0.5) is 11.4 Å². The lowest BCUT2D eigenvalue weighted by Crippen LogP contribution is -2.35. The van der Waals surface area contributed by atoms with Crippen molar-refractivity contribution < 1.29 is 27.7 Å². The Hall–Kier alpha value is -4.91. The van der Waals surface area contributed by atoms with Gasteiger partial charge in [-0.15, -0.1) is 0 Å². The minimum atomic E-state index is -4.02. The molecule has 38 heavy (non-hydrogen) atoms. The second kappa shape index (κ2) is 9.19. The molecule has 192 valence electrons. The summed E-state index contributed by atoms with van der Waals surface area (Å²) in [6, 6.07) is 15.8. The van der Waals surface area contributed by atoms with Gasteiger partial charge in [-0.05, 0) is 56.3 Å². The van der Waals surface area contributed by atoms with Crippen molar-refractivity contribution in [3.8, 4) is 5.75 Å². The van der Waals surface area contributed by atoms with E-state index < -0.39 is 32.7 Å². The van der Waals surface area contributed by atoms with E-state index in [1.807, 2.05) is 6.92 Å². The van der Waals surface area contributed by atoms with Crippen molar-refractivity contribution in [1.29, 1.82) is 0 Å². The number of rotatable bonds is 6. The van der Waals surface area contributed by atoms with Crippen LogP contribution in [0.15, 0.2) is 82.9 Å². The van der Waals surface area contributed by atoms with Gasteiger partial charge >= 0.3 is 5.97 Å². The van der Waals surface area contributed by atoms with Gasteiger partial charge in [0.2, 0.25) is 0 Å². The number of amides is 1. The van der Waals surface area contributed by atoms with Crippen LogP contribution in [0.25, 0.3) is 10.9 Å². The highest BCUT2D eigenvalue weighted by Crippen LogP contribution is 2.30. The molecule has 13 heteroatoms. The average molecular weight is 534 g/mol. The third-order valence-corrected chi connectivity index (χ3v) is 7.56. The van der Waals surface area contributed by atoms with Crippen LogP contribution < -0.4 is 9.75 Å². The molecule has 5 rings (SSSR count). The van der Waals surface area contributed by atoms with Crippen molar-refractivity contribution in [2.24, 2.45) is 11.0 Å². The summed E-state index contributed by atoms with van der Waals surface area (Å²) >= 11 is 0. The molecule has 0 bridgehead atoms. The van der Waals surface area contributed by atoms with Crippen molar-refractivity contribution in [3.63, 3.8) is 0 Å². The van der Waals surface area contributed by atoms with E-state index in [0.29, 0.717) is 5.39 Å². The normalized spacial score (nSPS) is 15.5. The number of aromatic nitrogens is 2. The number of non-ortho nitro benzene ring substituents is 1. The summed E-state index contributed by atoms with van der Waals surface area (Å²) in [6.07, 6.45) is 1.40. The van der Waals surface area contributed by atoms with Crippen molar-refractivity contribution in [2.75, 3.05) is 5.01 Å². The zero-order chi connectivity index (χ0) is 27.2. The number of nitrogens with zero attached hydrogens (tertiary/aromatic N) is 5. The largest absolute Gasteiger partial charge is 0.426 e. The number of esters is 1. The molecular weight excluding hydrogens is 514 g/mol. The van der Waals surface area contributed by atoms with Crippen LogP contribution in [0.2, 0.25) is 0 Å². The summed E-state index contributed by atoms with van der Waals surface area (Å²) in [5.74, 6) is -2.91. The average Bonchev–Trinajstić information content (AvgIpc) is 3.44. The van der Waals surface area contributed by atoms with Gasteiger partial charge in [-0.1, -0.05) is 17.7 Å². The number of nitro benzene ring substituents is 1. The summed E-state index contributed by atoms with van der Waals surface area (Å²) in [5.41, 5.74) is 1.35. The van der Waals surface area contributed by atoms with Crippen molar-refractivity contribution in [2.45, 2.75) is 18.7 Å². The Morgan fingerprint density at radius 1 is 1.03 bits per heavy atom. The maximum Gasteiger partial charge on any atom is 0.329 e. The lowest BCUT2D eigenvalue weighted by Gasteiger charge is -2.14. The highest BCUT2D eigenvalue weighted by atomic mass is 32.2. The lowest BCUT2D eigenvalue weighted by molar-refractivity contribution is -0.384. The van der Waals surface area contributed by atoms with Crippen molar-refractivity contribution in [1.82, 2.24) is 9.19 Å². The molecule has 0 spiro atoms. The number of fused-ring (bicyclic) bond motifs is 1. The van der Waals surface area contributed by atoms with Crippen LogP contribution in [0, 0.1) is 23.0 Å². The van der Waals surface area contributed by atoms with E-state index in [1.54, 1.807) is 24.3 Å². The summed E-state index contributed by atoms with van der Waals surface area (Å²) in [6.45, 7) is 3.33. The molecule has 1 aromatic heterocycles. The maximum absolute atomic E-state index is 13.2. The molecule has 1 unspecified atom stereocenters. The predicted molar refractivity (Wildman–Crippen MR) is 136 cm³/mol. The number of carbonyl (C=O) groups is 2. The zero-order valence-electron chi connectivity index (χ0n) is 20.0. The molecule has 12 nitrogen and oxygen atoms in total. The molecule has 0 aliphatic carbocycles. The number of anilines is 1. The second-order valence-corrected chi connectivity index (χ2v) is 10.3. The van der Waals surface area contributed by atoms with E-state index >= 15 is 0 Å². The molecular formula is C25H19N5O7S. The minimum absolute atomic E-state index is 0.0336. The number of ether oxygens (including phenoxy) is 1. The van der Waals surface area contributed by atoms with Gasteiger partial charge in [-0.2, -0.15) is 27.7 Å². The molecule has 1 aliphatic heterocycles. The first kappa shape index (κ1) is 24.8. The number of hydrazone groups is 1. The first-order valence-corrected chi connectivity index (χ1v) is 12.7. The van der Waals surface area contributed by atoms with Crippen molar-refractivity contribution >= 4 is 49.9 Å². The number of carbonyl (C=O) groups excluding carboxylic acids is 2. The van der Waals surface area contributed by atoms with E-state index in [2.05, 4.69) is 10.2 Å². The molecule has 1 aliphatic rings. The van der Waals surface area contributed by atoms with Gasteiger partial charge in [0.25, 0.3) is 21.6 Å². The Labute approximate surface area is 215 Å². The second-order valence-electron chi connectivity index (χ2n) is 8.55. The van der Waals surface area contributed by atoms with E-state index in [4.69, 9.17) is 4.74 Å². The number of benzene rings is 3. The SMILES string of the molecule is CC1=NN(c2ccc3cnn(S(=O)(=O)c4ccc(C)cc4)c3c2)C(=O)C1C(=O)Oc1ccc([N+](=O)[O-])cc1. The van der Waals surface area contributed by atoms with Crippen LogP contribution in [-0.2, 0) is 19.6 Å². The van der Waals surface area contributed by atoms with E-state index in [1.165, 1.54) is 55.6 Å². The number of hydrogen-bond acceptors (Lipinski definition) is 9. The fraction of sp³-hybridized carbons (Fsp3) is 0.120. The van der Waals surface area contributed by atoms with E-state index in [-0.39, 0.29) is 33.2 Å². The molecule has 1 amide bonds. The molecule has 2 heterocycles. The topological polar surface area (TPSA) is 154 Å². The third-order valence-electron chi connectivity index (χ3n) is 5.95. The smallest absolute Gasteiger partial charge is 0.329 e. The molecule has 0 saturated carbocycles. The van der Waals surface area contributed by atoms with Gasteiger partial charge in [-0.25, -0.2) is 0 Å². The summed E-state index contributed by atoms with van der Waals surface area (Å²) < 4.78 is 32.6. The van der Waals surface area contributed by atoms with E-state index in [0.717, 1.165) is 14.7 Å². The molecule has 0 fully saturated rings. The first-order chi connectivity index (χ1) is 18.1. The first-order valence-electron chi connectivity index (χ1n) is 11.2. The minimum Gasteiger partial charge on any atom is -0.426 e. The standard InChI is InChI=1S/C25H19N5O7S/c1-15-3-11-21(12-4-15)38(35,36)29-22-13-19(6-5-17(22)14-26-29)28-24(31)23(16(2)27-28)25(32)37-20-9-7-18(8-10-20)30(33)34/h3-14,23H,1-2H3. The molecule has 1 atom stereocenters. The van der Waals surface area contributed by atoms with Crippen LogP contribution in [0.5, 0.6) is 5.75 Å². The molecule has 0 N–H and O–H groups in total. The zero-order valence-corrected chi connectivity index (χ0v) is 20.8. The molecule has 0 saturated heterocycles. The molecule has 4 aromatic rings. The van der Waals surface area contributed by atoms with Gasteiger partial charge in [0.1, 0.15) is 5.75 Å². The Bertz CT molecular complexity index is 1740. The fourth-order valence-electron chi connectivity index (χ4n) is 3.95. The van der Waals surface area contributed by atoms with Crippen LogP contribution in [0.3, 0.4) is 0 Å². The quantitative estimate of drug-likeness (QED) is 0.120. The van der Waals surface area contributed by atoms with Gasteiger partial charge in [0.15, 0.2) is 5.92 Å². The van der Waals surface area contributed by atoms with Gasteiger partial charge in [0.05, 0.1) is 32.9 Å². The van der Waals surface area contributed by atoms with Gasteiger partial charge in [0, 0.05) is 17.5 Å². The van der Waals surface area contributed by atoms with Crippen molar-refractivity contribution in [3.05, 3.63) is 88.6 Å². The fourth-order valence-corrected chi connectivity index (χ4v) is 5.22. The highest BCUT2D eigenvalue weighted by Gasteiger charge is 2.41. The predicted octanol–water partition coefficient (Wildman–Crippen LogP) is 3.43. The number of hydrogen-bond donors (Lipinski definition) is 0. The Kier molecular flexibility index (Phi) is 5.99. The highest BCUT2D eigenvalue weighted by molar-refractivity contribution is 7.90. The van der Waals surface area contributed by atoms with Crippen LogP contribution in [0.1, 0.15) is 12.5 Å². The lowest BCUT2D eigenvalue weighted by atomic mass is 10.1. The third kappa shape index (κ3) is 4.28. The molecule has 3 aromatic carbocycles. The summed E-state index contributed by atoms with van der Waals surface area (Å²) in [7, 11) is -4.02. The van der Waals surface area contributed by atoms with E-state index in [9.17, 15) is 28.1 Å². The Morgan fingerprint density at radius 3 is 2.37 bits per heavy atom. The van der Waals surface area contributed by atoms with Crippen LogP contribution >= 0.6 is 0 Å². The van der Waals surface area contributed by atoms with Crippen LogP contribution in [-0.4, -0.2) is 40.1 Å². The van der Waals surface area contributed by atoms with Gasteiger partial charge < -0.3 is 4.74 Å². The number of aryl methyl sites for hydroxylation is 1. The van der Waals surface area contributed by atoms with Gasteiger partial charge in [-0.3, -0.25) is 19.7 Å². The maximum atomic E-state index is 13.2. The number of nitro groups is 1. The monoisotopic (exact) mass is 533 g/mol.